The predicted octanol–water partition coefficient (Wildman–Crippen LogP) is 6.23. The number of piperidine rings is 1. The van der Waals surface area contributed by atoms with E-state index in [4.69, 9.17) is 14.7 Å². The van der Waals surface area contributed by atoms with Crippen molar-refractivity contribution < 1.29 is 9.13 Å². The molecule has 264 valence electrons. The lowest BCUT2D eigenvalue weighted by molar-refractivity contribution is 0.0608. The Balaban J connectivity index is 1.20. The van der Waals surface area contributed by atoms with Crippen LogP contribution in [-0.4, -0.2) is 104 Å². The van der Waals surface area contributed by atoms with E-state index in [9.17, 15) is 0 Å². The summed E-state index contributed by atoms with van der Waals surface area (Å²) in [5.74, 6) is 1.19. The van der Waals surface area contributed by atoms with Crippen molar-refractivity contribution in [2.45, 2.75) is 71.0 Å². The summed E-state index contributed by atoms with van der Waals surface area (Å²) >= 11 is 0. The van der Waals surface area contributed by atoms with E-state index in [1.807, 2.05) is 32.3 Å². The van der Waals surface area contributed by atoms with Gasteiger partial charge in [0.1, 0.15) is 17.3 Å². The van der Waals surface area contributed by atoms with Gasteiger partial charge in [0.2, 0.25) is 0 Å². The van der Waals surface area contributed by atoms with Crippen LogP contribution in [0.5, 0.6) is 0 Å². The van der Waals surface area contributed by atoms with Crippen LogP contribution >= 0.6 is 0 Å². The summed E-state index contributed by atoms with van der Waals surface area (Å²) in [7, 11) is 1.91. The summed E-state index contributed by atoms with van der Waals surface area (Å²) in [4.78, 5) is 18.3. The highest BCUT2D eigenvalue weighted by molar-refractivity contribution is 6.05. The quantitative estimate of drug-likeness (QED) is 0.191. The van der Waals surface area contributed by atoms with Gasteiger partial charge >= 0.3 is 0 Å². The number of anilines is 1. The Labute approximate surface area is 294 Å². The van der Waals surface area contributed by atoms with Gasteiger partial charge in [-0.3, -0.25) is 9.88 Å². The lowest BCUT2D eigenvalue weighted by Crippen LogP contribution is -2.54. The Morgan fingerprint density at radius 3 is 2.40 bits per heavy atom. The van der Waals surface area contributed by atoms with Crippen molar-refractivity contribution in [2.75, 3.05) is 57.4 Å². The van der Waals surface area contributed by atoms with Crippen LogP contribution in [0.2, 0.25) is 0 Å². The molecule has 11 heteroatoms. The minimum absolute atomic E-state index is 0.193. The molecule has 0 radical (unpaired) electrons. The molecule has 1 aromatic carbocycles. The highest BCUT2D eigenvalue weighted by atomic mass is 19.1. The monoisotopic (exact) mass is 679 g/mol. The second-order valence-corrected chi connectivity index (χ2v) is 14.9. The molecule has 7 heterocycles. The predicted molar refractivity (Wildman–Crippen MR) is 196 cm³/mol. The summed E-state index contributed by atoms with van der Waals surface area (Å²) in [6.07, 6.45) is 7.12. The number of nitrogens with zero attached hydrogens (tertiary/aromatic N) is 9. The number of fused-ring (bicyclic) bond motifs is 3. The fourth-order valence-electron chi connectivity index (χ4n) is 8.74. The number of piperazine rings is 1. The van der Waals surface area contributed by atoms with Crippen molar-refractivity contribution in [2.24, 2.45) is 13.0 Å². The Morgan fingerprint density at radius 1 is 0.940 bits per heavy atom. The first-order chi connectivity index (χ1) is 24.4. The molecule has 10 nitrogen and oxygen atoms in total. The number of aromatic nitrogens is 6. The molecular weight excluding hydrogens is 629 g/mol. The molecule has 3 aliphatic heterocycles. The second-order valence-electron chi connectivity index (χ2n) is 14.9. The van der Waals surface area contributed by atoms with Crippen molar-refractivity contribution in [3.63, 3.8) is 0 Å². The third-order valence-corrected chi connectivity index (χ3v) is 11.6. The number of hydrogen-bond acceptors (Lipinski definition) is 8. The summed E-state index contributed by atoms with van der Waals surface area (Å²) < 4.78 is 25.7. The van der Waals surface area contributed by atoms with E-state index in [1.54, 1.807) is 16.8 Å². The van der Waals surface area contributed by atoms with Crippen LogP contribution in [0.4, 0.5) is 10.2 Å². The molecule has 0 spiro atoms. The van der Waals surface area contributed by atoms with Gasteiger partial charge in [-0.15, -0.1) is 5.10 Å². The highest BCUT2D eigenvalue weighted by Crippen LogP contribution is 2.40. The topological polar surface area (TPSA) is 80.4 Å². The standard InChI is InChI=1S/C39H50FN9O/c1-26(2)46-15-11-30(12-16-46)47-17-19-48(20-18-47)36-10-9-32-37-35(24-29(25-41-37)38-27(3)43-44-45(38)4)49(39(32)42-36)34(23-28-13-21-50-22-14-28)31-7-5-6-8-33(31)40/h5-10,24-26,28,30,34H,11-23H2,1-4H3. The molecule has 0 aliphatic carbocycles. The van der Waals surface area contributed by atoms with Crippen LogP contribution in [0.1, 0.15) is 63.3 Å². The van der Waals surface area contributed by atoms with E-state index in [0.29, 0.717) is 23.6 Å². The number of pyridine rings is 2. The van der Waals surface area contributed by atoms with Gasteiger partial charge in [-0.2, -0.15) is 0 Å². The SMILES string of the molecule is Cc1nnn(C)c1-c1cnc2c3ccc(N4CCN(C5CCN(C(C)C)CC5)CC4)nc3n(C(CC3CCOCC3)c3ccccc3F)c2c1. The average molecular weight is 680 g/mol. The Morgan fingerprint density at radius 2 is 1.70 bits per heavy atom. The van der Waals surface area contributed by atoms with Crippen molar-refractivity contribution >= 4 is 27.9 Å². The van der Waals surface area contributed by atoms with E-state index in [-0.39, 0.29) is 11.9 Å². The van der Waals surface area contributed by atoms with Gasteiger partial charge in [0.05, 0.1) is 28.5 Å². The summed E-state index contributed by atoms with van der Waals surface area (Å²) in [6, 6.07) is 14.8. The first-order valence-electron chi connectivity index (χ1n) is 18.6. The maximum atomic E-state index is 15.9. The molecule has 8 rings (SSSR count). The molecule has 5 aromatic rings. The number of halogens is 1. The fourth-order valence-corrected chi connectivity index (χ4v) is 8.74. The zero-order chi connectivity index (χ0) is 34.4. The summed E-state index contributed by atoms with van der Waals surface area (Å²) in [5.41, 5.74) is 6.05. The largest absolute Gasteiger partial charge is 0.381 e. The third-order valence-electron chi connectivity index (χ3n) is 11.6. The first-order valence-corrected chi connectivity index (χ1v) is 18.6. The Hall–Kier alpha value is -3.93. The zero-order valence-electron chi connectivity index (χ0n) is 29.9. The number of likely N-dealkylation sites (tertiary alicyclic amines) is 1. The van der Waals surface area contributed by atoms with E-state index in [2.05, 4.69) is 61.6 Å². The minimum atomic E-state index is -0.265. The van der Waals surface area contributed by atoms with Gasteiger partial charge in [0.25, 0.3) is 0 Å². The molecule has 0 bridgehead atoms. The Kier molecular flexibility index (Phi) is 9.30. The average Bonchev–Trinajstić information content (AvgIpc) is 3.65. The zero-order valence-corrected chi connectivity index (χ0v) is 29.9. The van der Waals surface area contributed by atoms with Gasteiger partial charge in [-0.25, -0.2) is 14.1 Å². The molecule has 4 aromatic heterocycles. The number of ether oxygens (including phenoxy) is 1. The van der Waals surface area contributed by atoms with Crippen molar-refractivity contribution in [3.8, 4) is 11.3 Å². The normalized spacial score (nSPS) is 19.7. The first kappa shape index (κ1) is 33.2. The van der Waals surface area contributed by atoms with Gasteiger partial charge < -0.3 is 19.1 Å². The summed E-state index contributed by atoms with van der Waals surface area (Å²) in [5, 5.41) is 9.56. The smallest absolute Gasteiger partial charge is 0.145 e. The van der Waals surface area contributed by atoms with Crippen molar-refractivity contribution in [3.05, 3.63) is 65.7 Å². The van der Waals surface area contributed by atoms with Gasteiger partial charge in [-0.05, 0) is 96.1 Å². The molecule has 3 fully saturated rings. The second kappa shape index (κ2) is 14.0. The fraction of sp³-hybridized carbons (Fsp3) is 0.538. The van der Waals surface area contributed by atoms with Crippen LogP contribution in [0.25, 0.3) is 33.3 Å². The maximum Gasteiger partial charge on any atom is 0.145 e. The number of aryl methyl sites for hydroxylation is 2. The lowest BCUT2D eigenvalue weighted by atomic mass is 9.89. The third kappa shape index (κ3) is 6.28. The number of rotatable bonds is 8. The maximum absolute atomic E-state index is 15.9. The van der Waals surface area contributed by atoms with E-state index in [1.165, 1.54) is 25.9 Å². The van der Waals surface area contributed by atoms with Crippen molar-refractivity contribution in [1.82, 2.24) is 39.3 Å². The molecule has 3 aliphatic rings. The van der Waals surface area contributed by atoms with Crippen molar-refractivity contribution in [1.29, 1.82) is 0 Å². The van der Waals surface area contributed by atoms with E-state index >= 15 is 4.39 Å². The molecule has 0 saturated carbocycles. The Bertz CT molecular complexity index is 1930. The molecule has 0 N–H and O–H groups in total. The summed E-state index contributed by atoms with van der Waals surface area (Å²) in [6.45, 7) is 14.4. The van der Waals surface area contributed by atoms with E-state index < -0.39 is 0 Å². The molecule has 3 saturated heterocycles. The van der Waals surface area contributed by atoms with Crippen LogP contribution in [0, 0.1) is 18.7 Å². The molecule has 1 atom stereocenters. The van der Waals surface area contributed by atoms with Crippen LogP contribution < -0.4 is 4.90 Å². The van der Waals surface area contributed by atoms with Crippen LogP contribution in [0.15, 0.2) is 48.7 Å². The number of hydrogen-bond donors (Lipinski definition) is 0. The molecule has 50 heavy (non-hydrogen) atoms. The molecule has 0 amide bonds. The molecule has 1 unspecified atom stereocenters. The molecular formula is C39H50FN9O. The van der Waals surface area contributed by atoms with Gasteiger partial charge in [-0.1, -0.05) is 23.4 Å². The highest BCUT2D eigenvalue weighted by Gasteiger charge is 2.31. The van der Waals surface area contributed by atoms with E-state index in [0.717, 1.165) is 103 Å². The van der Waals surface area contributed by atoms with Crippen LogP contribution in [0.3, 0.4) is 0 Å². The minimum Gasteiger partial charge on any atom is -0.381 e. The lowest BCUT2D eigenvalue weighted by Gasteiger charge is -2.43. The number of benzene rings is 1. The van der Waals surface area contributed by atoms with Crippen LogP contribution in [-0.2, 0) is 11.8 Å². The van der Waals surface area contributed by atoms with Gasteiger partial charge in [0, 0.05) is 81.2 Å². The van der Waals surface area contributed by atoms with Gasteiger partial charge in [0.15, 0.2) is 0 Å².